The van der Waals surface area contributed by atoms with Gasteiger partial charge in [0.05, 0.1) is 32.5 Å². The predicted molar refractivity (Wildman–Crippen MR) is 66.0 cm³/mol. The molecule has 1 fully saturated rings. The molecule has 1 unspecified atom stereocenters. The summed E-state index contributed by atoms with van der Waals surface area (Å²) in [5.41, 5.74) is 0. The van der Waals surface area contributed by atoms with Crippen LogP contribution >= 0.6 is 0 Å². The molecule has 0 radical (unpaired) electrons. The van der Waals surface area contributed by atoms with Crippen molar-refractivity contribution in [3.8, 4) is 0 Å². The van der Waals surface area contributed by atoms with Crippen molar-refractivity contribution in [1.29, 1.82) is 0 Å². The first-order valence-corrected chi connectivity index (χ1v) is 6.37. The van der Waals surface area contributed by atoms with Gasteiger partial charge >= 0.3 is 0 Å². The molecule has 1 rings (SSSR count). The third-order valence-electron chi connectivity index (χ3n) is 2.67. The minimum absolute atomic E-state index is 0.0812. The zero-order valence-corrected chi connectivity index (χ0v) is 10.9. The summed E-state index contributed by atoms with van der Waals surface area (Å²) in [6, 6.07) is 0. The molecule has 17 heavy (non-hydrogen) atoms. The number of carbonyl (C=O) groups is 1. The van der Waals surface area contributed by atoms with Crippen molar-refractivity contribution in [2.45, 2.75) is 25.9 Å². The molecule has 1 atom stereocenters. The Kier molecular flexibility index (Phi) is 7.16. The average Bonchev–Trinajstić information content (AvgIpc) is 2.30. The number of nitrogens with one attached hydrogen (secondary N) is 1. The first-order chi connectivity index (χ1) is 8.22. The summed E-state index contributed by atoms with van der Waals surface area (Å²) in [5.74, 6) is 0.0812. The maximum atomic E-state index is 11.5. The van der Waals surface area contributed by atoms with Crippen LogP contribution in [0.15, 0.2) is 0 Å². The van der Waals surface area contributed by atoms with Crippen molar-refractivity contribution < 1.29 is 14.3 Å². The Morgan fingerprint density at radius 3 is 2.94 bits per heavy atom. The van der Waals surface area contributed by atoms with Gasteiger partial charge in [-0.3, -0.25) is 9.69 Å². The lowest BCUT2D eigenvalue weighted by atomic mass is 10.3. The van der Waals surface area contributed by atoms with E-state index in [4.69, 9.17) is 9.47 Å². The maximum absolute atomic E-state index is 11.5. The smallest absolute Gasteiger partial charge is 0.234 e. The Morgan fingerprint density at radius 2 is 2.29 bits per heavy atom. The normalized spacial score (nSPS) is 20.5. The van der Waals surface area contributed by atoms with Gasteiger partial charge in [-0.1, -0.05) is 13.3 Å². The lowest BCUT2D eigenvalue weighted by Gasteiger charge is -2.27. The number of nitrogens with zero attached hydrogens (tertiary/aromatic N) is 1. The van der Waals surface area contributed by atoms with Crippen LogP contribution in [0, 0.1) is 0 Å². The molecule has 100 valence electrons. The second kappa shape index (κ2) is 8.44. The van der Waals surface area contributed by atoms with Gasteiger partial charge in [-0.25, -0.2) is 0 Å². The molecule has 0 spiro atoms. The lowest BCUT2D eigenvalue weighted by molar-refractivity contribution is -0.124. The van der Waals surface area contributed by atoms with Crippen molar-refractivity contribution in [1.82, 2.24) is 10.2 Å². The molecule has 1 aliphatic heterocycles. The third kappa shape index (κ3) is 6.61. The van der Waals surface area contributed by atoms with Crippen molar-refractivity contribution in [2.75, 3.05) is 46.5 Å². The fraction of sp³-hybridized carbons (Fsp3) is 0.917. The molecule has 0 aliphatic carbocycles. The van der Waals surface area contributed by atoms with Crippen molar-refractivity contribution in [3.63, 3.8) is 0 Å². The van der Waals surface area contributed by atoms with E-state index >= 15 is 0 Å². The van der Waals surface area contributed by atoms with E-state index in [1.54, 1.807) is 0 Å². The van der Waals surface area contributed by atoms with E-state index < -0.39 is 0 Å². The Labute approximate surface area is 103 Å². The second-order valence-corrected chi connectivity index (χ2v) is 4.47. The minimum Gasteiger partial charge on any atom is -0.376 e. The molecule has 1 saturated heterocycles. The number of amides is 1. The summed E-state index contributed by atoms with van der Waals surface area (Å²) in [7, 11) is 1.93. The van der Waals surface area contributed by atoms with Gasteiger partial charge in [0.25, 0.3) is 0 Å². The van der Waals surface area contributed by atoms with Crippen LogP contribution in [0.2, 0.25) is 0 Å². The SMILES string of the molecule is CCCCNC(=O)CN(C)CC1COCCO1. The fourth-order valence-corrected chi connectivity index (χ4v) is 1.76. The van der Waals surface area contributed by atoms with Gasteiger partial charge in [-0.15, -0.1) is 0 Å². The molecule has 1 heterocycles. The van der Waals surface area contributed by atoms with Gasteiger partial charge in [0.2, 0.25) is 5.91 Å². The van der Waals surface area contributed by atoms with E-state index in [1.165, 1.54) is 0 Å². The molecule has 5 heteroatoms. The van der Waals surface area contributed by atoms with E-state index in [0.29, 0.717) is 26.4 Å². The Hall–Kier alpha value is -0.650. The number of hydrogen-bond donors (Lipinski definition) is 1. The van der Waals surface area contributed by atoms with Crippen molar-refractivity contribution in [2.24, 2.45) is 0 Å². The highest BCUT2D eigenvalue weighted by molar-refractivity contribution is 5.77. The van der Waals surface area contributed by atoms with Crippen molar-refractivity contribution >= 4 is 5.91 Å². The zero-order valence-electron chi connectivity index (χ0n) is 10.9. The van der Waals surface area contributed by atoms with Crippen LogP contribution in [-0.4, -0.2) is 63.4 Å². The molecular weight excluding hydrogens is 220 g/mol. The molecule has 0 bridgehead atoms. The second-order valence-electron chi connectivity index (χ2n) is 4.47. The highest BCUT2D eigenvalue weighted by atomic mass is 16.6. The van der Waals surface area contributed by atoms with E-state index in [2.05, 4.69) is 12.2 Å². The maximum Gasteiger partial charge on any atom is 0.234 e. The molecule has 0 aromatic rings. The Bertz CT molecular complexity index is 218. The first kappa shape index (κ1) is 14.4. The topological polar surface area (TPSA) is 50.8 Å². The molecule has 0 saturated carbocycles. The van der Waals surface area contributed by atoms with Gasteiger partial charge in [-0.05, 0) is 13.5 Å². The number of hydrogen-bond acceptors (Lipinski definition) is 4. The largest absolute Gasteiger partial charge is 0.376 e. The van der Waals surface area contributed by atoms with Crippen LogP contribution in [0.4, 0.5) is 0 Å². The summed E-state index contributed by atoms with van der Waals surface area (Å²) in [6.07, 6.45) is 2.23. The quantitative estimate of drug-likeness (QED) is 0.652. The highest BCUT2D eigenvalue weighted by Gasteiger charge is 2.17. The lowest BCUT2D eigenvalue weighted by Crippen LogP contribution is -2.42. The minimum atomic E-state index is 0.0812. The van der Waals surface area contributed by atoms with Crippen molar-refractivity contribution in [3.05, 3.63) is 0 Å². The highest BCUT2D eigenvalue weighted by Crippen LogP contribution is 2.02. The molecule has 5 nitrogen and oxygen atoms in total. The van der Waals surface area contributed by atoms with E-state index in [9.17, 15) is 4.79 Å². The Balaban J connectivity index is 2.10. The van der Waals surface area contributed by atoms with Gasteiger partial charge in [0.1, 0.15) is 0 Å². The molecule has 1 amide bonds. The molecule has 1 aliphatic rings. The van der Waals surface area contributed by atoms with E-state index in [-0.39, 0.29) is 12.0 Å². The van der Waals surface area contributed by atoms with Gasteiger partial charge < -0.3 is 14.8 Å². The summed E-state index contributed by atoms with van der Waals surface area (Å²) in [5, 5.41) is 2.90. The molecule has 0 aromatic heterocycles. The fourth-order valence-electron chi connectivity index (χ4n) is 1.76. The van der Waals surface area contributed by atoms with E-state index in [1.807, 2.05) is 11.9 Å². The van der Waals surface area contributed by atoms with Gasteiger partial charge in [0.15, 0.2) is 0 Å². The number of ether oxygens (including phenoxy) is 2. The molecule has 1 N–H and O–H groups in total. The summed E-state index contributed by atoms with van der Waals surface area (Å²) in [4.78, 5) is 13.5. The third-order valence-corrected chi connectivity index (χ3v) is 2.67. The number of likely N-dealkylation sites (N-methyl/N-ethyl adjacent to an activating group) is 1. The Morgan fingerprint density at radius 1 is 1.47 bits per heavy atom. The van der Waals surface area contributed by atoms with Gasteiger partial charge in [-0.2, -0.15) is 0 Å². The summed E-state index contributed by atoms with van der Waals surface area (Å²) >= 11 is 0. The van der Waals surface area contributed by atoms with Crippen LogP contribution in [-0.2, 0) is 14.3 Å². The average molecular weight is 244 g/mol. The van der Waals surface area contributed by atoms with Crippen LogP contribution in [0.1, 0.15) is 19.8 Å². The number of unbranched alkanes of at least 4 members (excludes halogenated alkanes) is 1. The zero-order chi connectivity index (χ0) is 12.5. The first-order valence-electron chi connectivity index (χ1n) is 6.37. The molecular formula is C12H24N2O3. The van der Waals surface area contributed by atoms with Crippen LogP contribution < -0.4 is 5.32 Å². The summed E-state index contributed by atoms with van der Waals surface area (Å²) in [6.45, 7) is 6.00. The summed E-state index contributed by atoms with van der Waals surface area (Å²) < 4.78 is 10.8. The monoisotopic (exact) mass is 244 g/mol. The van der Waals surface area contributed by atoms with Crippen LogP contribution in [0.5, 0.6) is 0 Å². The molecule has 0 aromatic carbocycles. The number of carbonyl (C=O) groups excluding carboxylic acids is 1. The number of rotatable bonds is 7. The van der Waals surface area contributed by atoms with Gasteiger partial charge in [0, 0.05) is 13.1 Å². The standard InChI is InChI=1S/C12H24N2O3/c1-3-4-5-13-12(15)9-14(2)8-11-10-16-6-7-17-11/h11H,3-10H2,1-2H3,(H,13,15). The van der Waals surface area contributed by atoms with Crippen LogP contribution in [0.3, 0.4) is 0 Å². The predicted octanol–water partition coefficient (Wildman–Crippen LogP) is 0.250. The van der Waals surface area contributed by atoms with Crippen LogP contribution in [0.25, 0.3) is 0 Å². The van der Waals surface area contributed by atoms with E-state index in [0.717, 1.165) is 25.9 Å².